The smallest absolute Gasteiger partial charge is 0.235 e. The Balaban J connectivity index is 1.51. The van der Waals surface area contributed by atoms with Crippen LogP contribution in [0, 0.1) is 0 Å². The molecular weight excluding hydrogens is 310 g/mol. The number of hydrogen-bond acceptors (Lipinski definition) is 5. The largest absolute Gasteiger partial charge is 0.355 e. The lowest BCUT2D eigenvalue weighted by Crippen LogP contribution is -2.51. The van der Waals surface area contributed by atoms with Gasteiger partial charge in [0.2, 0.25) is 5.91 Å². The van der Waals surface area contributed by atoms with Crippen molar-refractivity contribution in [2.75, 3.05) is 32.7 Å². The normalized spacial score (nSPS) is 20.7. The Morgan fingerprint density at radius 2 is 2.13 bits per heavy atom. The van der Waals surface area contributed by atoms with Crippen molar-refractivity contribution in [2.24, 2.45) is 0 Å². The minimum absolute atomic E-state index is 0.235. The third kappa shape index (κ3) is 2.60. The molecule has 0 unspecified atom stereocenters. The maximum atomic E-state index is 13.0. The fourth-order valence-electron chi connectivity index (χ4n) is 3.31. The molecule has 4 rings (SSSR count). The minimum Gasteiger partial charge on any atom is -0.355 e. The first-order chi connectivity index (χ1) is 11.2. The van der Waals surface area contributed by atoms with Crippen molar-refractivity contribution in [1.82, 2.24) is 15.0 Å². The molecule has 122 valence electrons. The highest BCUT2D eigenvalue weighted by molar-refractivity contribution is 7.13. The average molecular weight is 331 g/mol. The van der Waals surface area contributed by atoms with Crippen molar-refractivity contribution in [3.63, 3.8) is 0 Å². The molecule has 2 fully saturated rings. The number of piperazine rings is 1. The van der Waals surface area contributed by atoms with Crippen LogP contribution in [-0.4, -0.2) is 53.6 Å². The predicted molar refractivity (Wildman–Crippen MR) is 89.4 cm³/mol. The first-order valence-electron chi connectivity index (χ1n) is 8.26. The predicted octanol–water partition coefficient (Wildman–Crippen LogP) is 2.60. The molecule has 6 heteroatoms. The zero-order valence-electron chi connectivity index (χ0n) is 13.3. The maximum Gasteiger partial charge on any atom is 0.235 e. The van der Waals surface area contributed by atoms with E-state index in [2.05, 4.69) is 17.0 Å². The number of nitrogens with zero attached hydrogens (tertiary/aromatic N) is 3. The molecule has 0 N–H and O–H groups in total. The highest BCUT2D eigenvalue weighted by atomic mass is 32.1. The highest BCUT2D eigenvalue weighted by Gasteiger charge is 2.55. The van der Waals surface area contributed by atoms with Crippen LogP contribution in [0.3, 0.4) is 0 Å². The summed E-state index contributed by atoms with van der Waals surface area (Å²) in [6.45, 7) is 6.81. The first-order valence-corrected chi connectivity index (χ1v) is 9.14. The summed E-state index contributed by atoms with van der Waals surface area (Å²) < 4.78 is 5.49. The van der Waals surface area contributed by atoms with E-state index in [1.807, 2.05) is 28.5 Å². The van der Waals surface area contributed by atoms with Crippen molar-refractivity contribution in [1.29, 1.82) is 0 Å². The van der Waals surface area contributed by atoms with Gasteiger partial charge in [0.25, 0.3) is 0 Å². The summed E-state index contributed by atoms with van der Waals surface area (Å²) in [6, 6.07) is 5.97. The zero-order valence-corrected chi connectivity index (χ0v) is 14.1. The van der Waals surface area contributed by atoms with Crippen molar-refractivity contribution < 1.29 is 9.32 Å². The average Bonchev–Trinajstić information content (AvgIpc) is 3.03. The molecule has 0 atom stereocenters. The van der Waals surface area contributed by atoms with Crippen LogP contribution in [0.15, 0.2) is 28.1 Å². The molecule has 5 nitrogen and oxygen atoms in total. The van der Waals surface area contributed by atoms with Gasteiger partial charge < -0.3 is 14.3 Å². The molecule has 2 aromatic rings. The summed E-state index contributed by atoms with van der Waals surface area (Å²) >= 11 is 1.62. The van der Waals surface area contributed by atoms with Gasteiger partial charge in [-0.1, -0.05) is 18.1 Å². The third-order valence-electron chi connectivity index (χ3n) is 5.03. The molecule has 1 aliphatic heterocycles. The van der Waals surface area contributed by atoms with E-state index in [1.165, 1.54) is 0 Å². The van der Waals surface area contributed by atoms with Gasteiger partial charge in [-0.3, -0.25) is 4.79 Å². The monoisotopic (exact) mass is 331 g/mol. The SMILES string of the molecule is CCN1CCN(C(=O)C2(c3cc(-c4cccs4)on3)CC2)CC1. The number of likely N-dealkylation sites (N-methyl/N-ethyl adjacent to an activating group) is 1. The van der Waals surface area contributed by atoms with E-state index in [9.17, 15) is 4.79 Å². The summed E-state index contributed by atoms with van der Waals surface area (Å²) in [7, 11) is 0. The summed E-state index contributed by atoms with van der Waals surface area (Å²) in [5.74, 6) is 1.00. The molecule has 1 aliphatic carbocycles. The van der Waals surface area contributed by atoms with E-state index in [0.29, 0.717) is 0 Å². The Hall–Kier alpha value is -1.66. The van der Waals surface area contributed by atoms with Gasteiger partial charge in [-0.25, -0.2) is 0 Å². The molecule has 0 bridgehead atoms. The number of thiophene rings is 1. The van der Waals surface area contributed by atoms with Crippen molar-refractivity contribution in [3.8, 4) is 10.6 Å². The number of aromatic nitrogens is 1. The number of rotatable bonds is 4. The molecule has 0 radical (unpaired) electrons. The van der Waals surface area contributed by atoms with E-state index in [0.717, 1.165) is 61.9 Å². The van der Waals surface area contributed by atoms with E-state index in [4.69, 9.17) is 4.52 Å². The van der Waals surface area contributed by atoms with Crippen LogP contribution in [-0.2, 0) is 10.2 Å². The molecule has 1 amide bonds. The van der Waals surface area contributed by atoms with Crippen molar-refractivity contribution in [3.05, 3.63) is 29.3 Å². The Kier molecular flexibility index (Phi) is 3.73. The van der Waals surface area contributed by atoms with E-state index in [-0.39, 0.29) is 5.91 Å². The van der Waals surface area contributed by atoms with Crippen LogP contribution in [0.4, 0.5) is 0 Å². The summed E-state index contributed by atoms with van der Waals surface area (Å²) in [5, 5.41) is 6.24. The third-order valence-corrected chi connectivity index (χ3v) is 5.92. The Morgan fingerprint density at radius 3 is 2.74 bits per heavy atom. The summed E-state index contributed by atoms with van der Waals surface area (Å²) in [5.41, 5.74) is 0.386. The second kappa shape index (κ2) is 5.76. The first kappa shape index (κ1) is 14.9. The molecule has 1 saturated carbocycles. The van der Waals surface area contributed by atoms with Gasteiger partial charge in [0, 0.05) is 32.2 Å². The topological polar surface area (TPSA) is 49.6 Å². The molecule has 3 heterocycles. The Bertz CT molecular complexity index is 683. The molecule has 1 saturated heterocycles. The summed E-state index contributed by atoms with van der Waals surface area (Å²) in [6.07, 6.45) is 1.77. The van der Waals surface area contributed by atoms with Crippen LogP contribution in [0.1, 0.15) is 25.5 Å². The number of carbonyl (C=O) groups is 1. The van der Waals surface area contributed by atoms with Gasteiger partial charge in [-0.15, -0.1) is 11.3 Å². The van der Waals surface area contributed by atoms with Gasteiger partial charge in [-0.05, 0) is 30.8 Å². The molecular formula is C17H21N3O2S. The molecule has 0 spiro atoms. The number of amides is 1. The standard InChI is InChI=1S/C17H21N3O2S/c1-2-19-7-9-20(10-8-19)16(21)17(5-6-17)15-12-13(22-18-15)14-4-3-11-23-14/h3-4,11-12H,2,5-10H2,1H3. The number of carbonyl (C=O) groups excluding carboxylic acids is 1. The van der Waals surface area contributed by atoms with Crippen LogP contribution in [0.2, 0.25) is 0 Å². The van der Waals surface area contributed by atoms with Crippen molar-refractivity contribution >= 4 is 17.2 Å². The number of hydrogen-bond donors (Lipinski definition) is 0. The second-order valence-corrected chi connectivity index (χ2v) is 7.31. The summed E-state index contributed by atoms with van der Waals surface area (Å²) in [4.78, 5) is 18.5. The van der Waals surface area contributed by atoms with Gasteiger partial charge in [0.05, 0.1) is 16.0 Å². The lowest BCUT2D eigenvalue weighted by molar-refractivity contribution is -0.135. The van der Waals surface area contributed by atoms with E-state index < -0.39 is 5.41 Å². The molecule has 23 heavy (non-hydrogen) atoms. The van der Waals surface area contributed by atoms with E-state index >= 15 is 0 Å². The quantitative estimate of drug-likeness (QED) is 0.864. The molecule has 0 aromatic carbocycles. The molecule has 2 aromatic heterocycles. The fourth-order valence-corrected chi connectivity index (χ4v) is 3.98. The van der Waals surface area contributed by atoms with Crippen LogP contribution < -0.4 is 0 Å². The van der Waals surface area contributed by atoms with Crippen molar-refractivity contribution in [2.45, 2.75) is 25.2 Å². The van der Waals surface area contributed by atoms with Gasteiger partial charge >= 0.3 is 0 Å². The van der Waals surface area contributed by atoms with E-state index in [1.54, 1.807) is 11.3 Å². The zero-order chi connectivity index (χ0) is 15.9. The second-order valence-electron chi connectivity index (χ2n) is 6.36. The maximum absolute atomic E-state index is 13.0. The van der Waals surface area contributed by atoms with Gasteiger partial charge in [-0.2, -0.15) is 0 Å². The van der Waals surface area contributed by atoms with Crippen LogP contribution in [0.5, 0.6) is 0 Å². The highest BCUT2D eigenvalue weighted by Crippen LogP contribution is 2.50. The lowest BCUT2D eigenvalue weighted by Gasteiger charge is -2.35. The van der Waals surface area contributed by atoms with Gasteiger partial charge in [0.1, 0.15) is 0 Å². The van der Waals surface area contributed by atoms with Crippen LogP contribution >= 0.6 is 11.3 Å². The Morgan fingerprint density at radius 1 is 1.35 bits per heavy atom. The Labute approximate surface area is 139 Å². The van der Waals surface area contributed by atoms with Gasteiger partial charge in [0.15, 0.2) is 5.76 Å². The molecule has 2 aliphatic rings. The fraction of sp³-hybridized carbons (Fsp3) is 0.529. The minimum atomic E-state index is -0.423. The van der Waals surface area contributed by atoms with Crippen LogP contribution in [0.25, 0.3) is 10.6 Å². The lowest BCUT2D eigenvalue weighted by atomic mass is 9.99.